The van der Waals surface area contributed by atoms with Gasteiger partial charge in [-0.05, 0) is 43.4 Å². The Kier molecular flexibility index (Phi) is 4.33. The van der Waals surface area contributed by atoms with E-state index < -0.39 is 6.10 Å². The van der Waals surface area contributed by atoms with Crippen LogP contribution < -0.4 is 10.6 Å². The predicted molar refractivity (Wildman–Crippen MR) is 77.5 cm³/mol. The minimum absolute atomic E-state index is 0.00449. The Bertz CT molecular complexity index is 469. The first kappa shape index (κ1) is 13.6. The monoisotopic (exact) mass is 274 g/mol. The lowest BCUT2D eigenvalue weighted by Gasteiger charge is -2.25. The van der Waals surface area contributed by atoms with E-state index in [0.717, 1.165) is 31.5 Å². The third-order valence-corrected chi connectivity index (χ3v) is 4.19. The van der Waals surface area contributed by atoms with Crippen molar-refractivity contribution in [1.82, 2.24) is 10.6 Å². The summed E-state index contributed by atoms with van der Waals surface area (Å²) in [6, 6.07) is 8.63. The van der Waals surface area contributed by atoms with Crippen molar-refractivity contribution in [3.05, 3.63) is 35.4 Å². The van der Waals surface area contributed by atoms with Crippen molar-refractivity contribution in [3.8, 4) is 0 Å². The molecule has 1 amide bonds. The van der Waals surface area contributed by atoms with Gasteiger partial charge in [0.05, 0.1) is 6.61 Å². The first-order chi connectivity index (χ1) is 9.84. The number of nitrogens with one attached hydrogen (secondary N) is 2. The van der Waals surface area contributed by atoms with Crippen molar-refractivity contribution in [3.63, 3.8) is 0 Å². The normalized spacial score (nSPS) is 25.2. The molecule has 2 heterocycles. The van der Waals surface area contributed by atoms with Gasteiger partial charge in [0.15, 0.2) is 6.10 Å². The average Bonchev–Trinajstić information content (AvgIpc) is 3.00. The summed E-state index contributed by atoms with van der Waals surface area (Å²) in [5.74, 6) is -0.00449. The zero-order valence-electron chi connectivity index (χ0n) is 11.7. The maximum absolute atomic E-state index is 12.3. The van der Waals surface area contributed by atoms with Gasteiger partial charge in [0.25, 0.3) is 5.91 Å². The number of rotatable bonds is 4. The number of ether oxygens (including phenoxy) is 1. The Balaban J connectivity index is 1.55. The van der Waals surface area contributed by atoms with Crippen LogP contribution >= 0.6 is 0 Å². The van der Waals surface area contributed by atoms with Crippen LogP contribution in [-0.2, 0) is 16.0 Å². The lowest BCUT2D eigenvalue weighted by atomic mass is 9.97. The van der Waals surface area contributed by atoms with Crippen molar-refractivity contribution in [2.75, 3.05) is 19.7 Å². The highest BCUT2D eigenvalue weighted by atomic mass is 16.5. The van der Waals surface area contributed by atoms with Crippen molar-refractivity contribution in [2.24, 2.45) is 0 Å². The number of amides is 1. The molecule has 0 spiro atoms. The van der Waals surface area contributed by atoms with Gasteiger partial charge < -0.3 is 15.4 Å². The Morgan fingerprint density at radius 2 is 2.30 bits per heavy atom. The highest BCUT2D eigenvalue weighted by Gasteiger charge is 2.27. The van der Waals surface area contributed by atoms with Crippen LogP contribution in [0.25, 0.3) is 0 Å². The molecule has 3 rings (SSSR count). The molecule has 0 bridgehead atoms. The smallest absolute Gasteiger partial charge is 0.253 e. The molecule has 1 unspecified atom stereocenters. The number of carbonyl (C=O) groups excluding carboxylic acids is 1. The molecule has 1 aromatic rings. The summed E-state index contributed by atoms with van der Waals surface area (Å²) >= 11 is 0. The molecule has 2 aliphatic rings. The van der Waals surface area contributed by atoms with E-state index in [1.165, 1.54) is 18.4 Å². The molecule has 0 saturated carbocycles. The second-order valence-corrected chi connectivity index (χ2v) is 5.57. The van der Waals surface area contributed by atoms with E-state index in [2.05, 4.69) is 16.7 Å². The van der Waals surface area contributed by atoms with Gasteiger partial charge in [-0.1, -0.05) is 24.3 Å². The molecule has 20 heavy (non-hydrogen) atoms. The van der Waals surface area contributed by atoms with Crippen molar-refractivity contribution < 1.29 is 9.53 Å². The quantitative estimate of drug-likeness (QED) is 0.876. The van der Waals surface area contributed by atoms with E-state index in [4.69, 9.17) is 4.74 Å². The fourth-order valence-corrected chi connectivity index (χ4v) is 3.08. The van der Waals surface area contributed by atoms with Gasteiger partial charge in [-0.25, -0.2) is 0 Å². The van der Waals surface area contributed by atoms with E-state index >= 15 is 0 Å². The summed E-state index contributed by atoms with van der Waals surface area (Å²) in [6.45, 7) is 2.45. The molecule has 4 nitrogen and oxygen atoms in total. The molecule has 1 fully saturated rings. The van der Waals surface area contributed by atoms with Crippen molar-refractivity contribution >= 4 is 5.91 Å². The number of hydrogen-bond acceptors (Lipinski definition) is 3. The van der Waals surface area contributed by atoms with Gasteiger partial charge in [0.2, 0.25) is 0 Å². The lowest BCUT2D eigenvalue weighted by molar-refractivity contribution is -0.134. The van der Waals surface area contributed by atoms with Crippen LogP contribution in [0.4, 0.5) is 0 Å². The summed E-state index contributed by atoms with van der Waals surface area (Å²) in [7, 11) is 0. The zero-order valence-corrected chi connectivity index (χ0v) is 11.7. The molecule has 2 aliphatic heterocycles. The first-order valence-corrected chi connectivity index (χ1v) is 7.55. The van der Waals surface area contributed by atoms with Crippen LogP contribution in [-0.4, -0.2) is 31.6 Å². The SMILES string of the molecule is O=C(NCC[C@@H]1CCCN1)C1OCCc2ccccc21. The maximum Gasteiger partial charge on any atom is 0.253 e. The van der Waals surface area contributed by atoms with Crippen molar-refractivity contribution in [1.29, 1.82) is 0 Å². The Hall–Kier alpha value is -1.39. The van der Waals surface area contributed by atoms with Gasteiger partial charge in [-0.15, -0.1) is 0 Å². The van der Waals surface area contributed by atoms with Crippen LogP contribution in [0.1, 0.15) is 36.5 Å². The molecule has 4 heteroatoms. The predicted octanol–water partition coefficient (Wildman–Crippen LogP) is 1.56. The standard InChI is InChI=1S/C16H22N2O2/c19-16(18-10-7-13-5-3-9-17-13)15-14-6-2-1-4-12(14)8-11-20-15/h1-2,4,6,13,15,17H,3,5,7-11H2,(H,18,19)/t13-,15?/m0/s1. The molecule has 1 saturated heterocycles. The summed E-state index contributed by atoms with van der Waals surface area (Å²) in [4.78, 5) is 12.3. The molecule has 2 N–H and O–H groups in total. The van der Waals surface area contributed by atoms with E-state index in [-0.39, 0.29) is 5.91 Å². The second kappa shape index (κ2) is 6.37. The van der Waals surface area contributed by atoms with Gasteiger partial charge >= 0.3 is 0 Å². The van der Waals surface area contributed by atoms with Crippen LogP contribution in [0, 0.1) is 0 Å². The highest BCUT2D eigenvalue weighted by molar-refractivity contribution is 5.82. The largest absolute Gasteiger partial charge is 0.363 e. The molecule has 1 aromatic carbocycles. The Morgan fingerprint density at radius 3 is 3.15 bits per heavy atom. The van der Waals surface area contributed by atoms with E-state index in [9.17, 15) is 4.79 Å². The number of hydrogen-bond donors (Lipinski definition) is 2. The van der Waals surface area contributed by atoms with Gasteiger partial charge in [0.1, 0.15) is 0 Å². The highest BCUT2D eigenvalue weighted by Crippen LogP contribution is 2.26. The Labute approximate surface area is 119 Å². The van der Waals surface area contributed by atoms with Gasteiger partial charge in [-0.3, -0.25) is 4.79 Å². The number of carbonyl (C=O) groups is 1. The first-order valence-electron chi connectivity index (χ1n) is 7.55. The van der Waals surface area contributed by atoms with Crippen LogP contribution in [0.3, 0.4) is 0 Å². The fourth-order valence-electron chi connectivity index (χ4n) is 3.08. The van der Waals surface area contributed by atoms with Crippen LogP contribution in [0.2, 0.25) is 0 Å². The third kappa shape index (κ3) is 3.02. The van der Waals surface area contributed by atoms with Gasteiger partial charge in [-0.2, -0.15) is 0 Å². The second-order valence-electron chi connectivity index (χ2n) is 5.57. The summed E-state index contributed by atoms with van der Waals surface area (Å²) in [6.07, 6.45) is 3.93. The third-order valence-electron chi connectivity index (χ3n) is 4.19. The summed E-state index contributed by atoms with van der Waals surface area (Å²) < 4.78 is 5.66. The maximum atomic E-state index is 12.3. The molecule has 2 atom stereocenters. The van der Waals surface area contributed by atoms with E-state index in [1.54, 1.807) is 0 Å². The number of benzene rings is 1. The van der Waals surface area contributed by atoms with E-state index in [1.807, 2.05) is 18.2 Å². The number of fused-ring (bicyclic) bond motifs is 1. The van der Waals surface area contributed by atoms with Crippen molar-refractivity contribution in [2.45, 2.75) is 37.8 Å². The molecule has 0 radical (unpaired) electrons. The minimum Gasteiger partial charge on any atom is -0.363 e. The summed E-state index contributed by atoms with van der Waals surface area (Å²) in [5.41, 5.74) is 2.26. The Morgan fingerprint density at radius 1 is 1.40 bits per heavy atom. The minimum atomic E-state index is -0.434. The topological polar surface area (TPSA) is 50.4 Å². The molecular weight excluding hydrogens is 252 g/mol. The summed E-state index contributed by atoms with van der Waals surface area (Å²) in [5, 5.41) is 6.46. The average molecular weight is 274 g/mol. The zero-order chi connectivity index (χ0) is 13.8. The molecule has 0 aliphatic carbocycles. The molecular formula is C16H22N2O2. The lowest BCUT2D eigenvalue weighted by Crippen LogP contribution is -2.36. The molecule has 108 valence electrons. The van der Waals surface area contributed by atoms with Gasteiger partial charge in [0, 0.05) is 12.6 Å². The van der Waals surface area contributed by atoms with E-state index in [0.29, 0.717) is 12.6 Å². The fraction of sp³-hybridized carbons (Fsp3) is 0.562. The molecule has 0 aromatic heterocycles. The van der Waals surface area contributed by atoms with Crippen LogP contribution in [0.15, 0.2) is 24.3 Å². The van der Waals surface area contributed by atoms with Crippen LogP contribution in [0.5, 0.6) is 0 Å².